The number of rotatable bonds is 4. The molecule has 0 fully saturated rings. The monoisotopic (exact) mass is 312 g/mol. The van der Waals surface area contributed by atoms with Gasteiger partial charge in [-0.3, -0.25) is 0 Å². The van der Waals surface area contributed by atoms with Crippen molar-refractivity contribution in [2.45, 2.75) is 10.9 Å². The van der Waals surface area contributed by atoms with E-state index in [-0.39, 0.29) is 11.8 Å². The van der Waals surface area contributed by atoms with Gasteiger partial charge < -0.3 is 15.0 Å². The van der Waals surface area contributed by atoms with Crippen LogP contribution in [0.3, 0.4) is 0 Å². The Morgan fingerprint density at radius 3 is 2.26 bits per heavy atom. The summed E-state index contributed by atoms with van der Waals surface area (Å²) in [5, 5.41) is 2.55. The van der Waals surface area contributed by atoms with E-state index in [0.717, 1.165) is 0 Å². The van der Waals surface area contributed by atoms with Crippen molar-refractivity contribution in [3.63, 3.8) is 0 Å². The van der Waals surface area contributed by atoms with E-state index in [1.54, 1.807) is 14.1 Å². The molecule has 0 aliphatic heterocycles. The molecular formula is C11H12Cl2F2N2O2. The molecule has 0 saturated heterocycles. The molecule has 0 aliphatic carbocycles. The van der Waals surface area contributed by atoms with Gasteiger partial charge in [-0.25, -0.2) is 4.79 Å². The van der Waals surface area contributed by atoms with E-state index in [4.69, 9.17) is 23.2 Å². The van der Waals surface area contributed by atoms with Gasteiger partial charge >= 0.3 is 12.1 Å². The Hall–Kier alpha value is -1.27. The summed E-state index contributed by atoms with van der Waals surface area (Å²) in [5.41, 5.74) is 0.447. The topological polar surface area (TPSA) is 41.6 Å². The Balaban J connectivity index is 2.69. The number of carbonyl (C=O) groups excluding carboxylic acids is 1. The van der Waals surface area contributed by atoms with Gasteiger partial charge in [-0.05, 0) is 24.3 Å². The third-order valence-electron chi connectivity index (χ3n) is 2.02. The standard InChI is InChI=1S/C11H12Cl2F2N2O2/c1-17(2)10(18)16-7-3-5-8(6-4-7)19-11(14,15)9(12)13/h3-6,9H,1-2H3,(H,16,18). The summed E-state index contributed by atoms with van der Waals surface area (Å²) in [4.78, 5) is 10.7. The Morgan fingerprint density at radius 2 is 1.84 bits per heavy atom. The van der Waals surface area contributed by atoms with Gasteiger partial charge in [-0.15, -0.1) is 0 Å². The van der Waals surface area contributed by atoms with Crippen molar-refractivity contribution in [2.24, 2.45) is 0 Å². The highest BCUT2D eigenvalue weighted by Gasteiger charge is 2.40. The van der Waals surface area contributed by atoms with Crippen LogP contribution in [-0.2, 0) is 0 Å². The van der Waals surface area contributed by atoms with E-state index in [1.807, 2.05) is 0 Å². The Labute approximate surface area is 119 Å². The second kappa shape index (κ2) is 6.25. The largest absolute Gasteiger partial charge is 0.431 e. The maximum Gasteiger partial charge on any atom is 0.428 e. The maximum atomic E-state index is 13.1. The Morgan fingerprint density at radius 1 is 1.32 bits per heavy atom. The van der Waals surface area contributed by atoms with Crippen molar-refractivity contribution in [1.82, 2.24) is 4.90 Å². The first-order chi connectivity index (χ1) is 8.72. The Bertz CT molecular complexity index is 439. The number of ether oxygens (including phenoxy) is 1. The van der Waals surface area contributed by atoms with Crippen molar-refractivity contribution in [3.8, 4) is 5.75 Å². The van der Waals surface area contributed by atoms with Gasteiger partial charge in [-0.2, -0.15) is 8.78 Å². The molecular weight excluding hydrogens is 301 g/mol. The number of nitrogens with one attached hydrogen (secondary N) is 1. The molecule has 0 aliphatic rings. The van der Waals surface area contributed by atoms with E-state index < -0.39 is 10.9 Å². The number of halogens is 4. The minimum Gasteiger partial charge on any atom is -0.431 e. The summed E-state index contributed by atoms with van der Waals surface area (Å²) in [5.74, 6) is -0.112. The Kier molecular flexibility index (Phi) is 5.20. The zero-order valence-corrected chi connectivity index (χ0v) is 11.7. The number of carbonyl (C=O) groups is 1. The third kappa shape index (κ3) is 4.72. The highest BCUT2D eigenvalue weighted by molar-refractivity contribution is 6.44. The second-order valence-electron chi connectivity index (χ2n) is 3.81. The molecule has 4 nitrogen and oxygen atoms in total. The second-order valence-corrected chi connectivity index (χ2v) is 4.91. The molecule has 1 aromatic carbocycles. The molecule has 2 amide bonds. The van der Waals surface area contributed by atoms with Crippen LogP contribution < -0.4 is 10.1 Å². The van der Waals surface area contributed by atoms with Crippen molar-refractivity contribution < 1.29 is 18.3 Å². The lowest BCUT2D eigenvalue weighted by atomic mass is 10.3. The number of hydrogen-bond acceptors (Lipinski definition) is 2. The SMILES string of the molecule is CN(C)C(=O)Nc1ccc(OC(F)(F)C(Cl)Cl)cc1. The number of hydrogen-bond donors (Lipinski definition) is 1. The lowest BCUT2D eigenvalue weighted by molar-refractivity contribution is -0.163. The fourth-order valence-corrected chi connectivity index (χ4v) is 1.13. The van der Waals surface area contributed by atoms with Crippen molar-refractivity contribution in [3.05, 3.63) is 24.3 Å². The summed E-state index contributed by atoms with van der Waals surface area (Å²) in [6.45, 7) is 0. The van der Waals surface area contributed by atoms with E-state index in [0.29, 0.717) is 5.69 Å². The lowest BCUT2D eigenvalue weighted by Gasteiger charge is -2.19. The molecule has 0 radical (unpaired) electrons. The fourth-order valence-electron chi connectivity index (χ4n) is 1.04. The fraction of sp³-hybridized carbons (Fsp3) is 0.364. The van der Waals surface area contributed by atoms with Crippen LogP contribution in [0.25, 0.3) is 0 Å². The highest BCUT2D eigenvalue weighted by atomic mass is 35.5. The first-order valence-electron chi connectivity index (χ1n) is 5.15. The summed E-state index contributed by atoms with van der Waals surface area (Å²) >= 11 is 10.2. The van der Waals surface area contributed by atoms with Gasteiger partial charge in [-0.1, -0.05) is 23.2 Å². The van der Waals surface area contributed by atoms with Gasteiger partial charge in [0, 0.05) is 19.8 Å². The number of nitrogens with zero attached hydrogens (tertiary/aromatic N) is 1. The number of urea groups is 1. The van der Waals surface area contributed by atoms with Crippen LogP contribution >= 0.6 is 23.2 Å². The molecule has 0 unspecified atom stereocenters. The van der Waals surface area contributed by atoms with Crippen LogP contribution in [0.1, 0.15) is 0 Å². The van der Waals surface area contributed by atoms with Crippen LogP contribution in [0.15, 0.2) is 24.3 Å². The molecule has 0 heterocycles. The first-order valence-corrected chi connectivity index (χ1v) is 6.03. The van der Waals surface area contributed by atoms with Crippen LogP contribution in [0.5, 0.6) is 5.75 Å². The van der Waals surface area contributed by atoms with Crippen LogP contribution in [0, 0.1) is 0 Å². The van der Waals surface area contributed by atoms with Crippen molar-refractivity contribution >= 4 is 34.9 Å². The predicted molar refractivity (Wildman–Crippen MR) is 70.2 cm³/mol. The number of anilines is 1. The zero-order chi connectivity index (χ0) is 14.6. The van der Waals surface area contributed by atoms with Crippen molar-refractivity contribution in [1.29, 1.82) is 0 Å². The zero-order valence-electron chi connectivity index (χ0n) is 10.2. The normalized spacial score (nSPS) is 11.3. The minimum atomic E-state index is -3.68. The minimum absolute atomic E-state index is 0.112. The van der Waals surface area contributed by atoms with Gasteiger partial charge in [0.1, 0.15) is 5.75 Å². The summed E-state index contributed by atoms with van der Waals surface area (Å²) in [6, 6.07) is 5.06. The molecule has 0 saturated carbocycles. The van der Waals surface area contributed by atoms with Crippen LogP contribution in [0.4, 0.5) is 19.3 Å². The van der Waals surface area contributed by atoms with E-state index >= 15 is 0 Å². The van der Waals surface area contributed by atoms with Gasteiger partial charge in [0.25, 0.3) is 0 Å². The summed E-state index contributed by atoms with van der Waals surface area (Å²) < 4.78 is 30.5. The molecule has 1 N–H and O–H groups in total. The molecule has 0 atom stereocenters. The molecule has 0 bridgehead atoms. The lowest BCUT2D eigenvalue weighted by Crippen LogP contribution is -2.32. The van der Waals surface area contributed by atoms with Gasteiger partial charge in [0.15, 0.2) is 0 Å². The highest BCUT2D eigenvalue weighted by Crippen LogP contribution is 2.30. The number of benzene rings is 1. The third-order valence-corrected chi connectivity index (χ3v) is 2.53. The average molecular weight is 313 g/mol. The molecule has 0 aromatic heterocycles. The molecule has 19 heavy (non-hydrogen) atoms. The van der Waals surface area contributed by atoms with E-state index in [2.05, 4.69) is 10.1 Å². The molecule has 8 heteroatoms. The van der Waals surface area contributed by atoms with Gasteiger partial charge in [0.2, 0.25) is 4.84 Å². The van der Waals surface area contributed by atoms with E-state index in [9.17, 15) is 13.6 Å². The molecule has 106 valence electrons. The van der Waals surface area contributed by atoms with Crippen molar-refractivity contribution in [2.75, 3.05) is 19.4 Å². The molecule has 1 rings (SSSR count). The predicted octanol–water partition coefficient (Wildman–Crippen LogP) is 3.56. The van der Waals surface area contributed by atoms with Gasteiger partial charge in [0.05, 0.1) is 0 Å². The summed E-state index contributed by atoms with van der Waals surface area (Å²) in [7, 11) is 3.16. The quantitative estimate of drug-likeness (QED) is 0.864. The van der Waals surface area contributed by atoms with Crippen LogP contribution in [-0.4, -0.2) is 36.0 Å². The first kappa shape index (κ1) is 15.8. The number of alkyl halides is 4. The molecule has 0 spiro atoms. The smallest absolute Gasteiger partial charge is 0.428 e. The van der Waals surface area contributed by atoms with Crippen LogP contribution in [0.2, 0.25) is 0 Å². The number of amides is 2. The van der Waals surface area contributed by atoms with E-state index in [1.165, 1.54) is 29.2 Å². The maximum absolute atomic E-state index is 13.1. The average Bonchev–Trinajstić information content (AvgIpc) is 2.30. The molecule has 1 aromatic rings. The summed E-state index contributed by atoms with van der Waals surface area (Å²) in [6.07, 6.45) is -3.68.